The fraction of sp³-hybridized carbons (Fsp3) is 0.625. The van der Waals surface area contributed by atoms with Gasteiger partial charge >= 0.3 is 0 Å². The molecule has 0 saturated carbocycles. The maximum Gasteiger partial charge on any atom is 0.133 e. The zero-order chi connectivity index (χ0) is 14.9. The Morgan fingerprint density at radius 2 is 1.71 bits per heavy atom. The van der Waals surface area contributed by atoms with E-state index in [1.165, 1.54) is 13.1 Å². The maximum atomic E-state index is 5.67. The van der Waals surface area contributed by atoms with Gasteiger partial charge in [0.05, 0.1) is 17.7 Å². The fourth-order valence-electron chi connectivity index (χ4n) is 2.40. The van der Waals surface area contributed by atoms with Gasteiger partial charge in [0.15, 0.2) is 0 Å². The van der Waals surface area contributed by atoms with E-state index in [9.17, 15) is 0 Å². The average molecular weight is 357 g/mol. The number of rotatable bonds is 8. The van der Waals surface area contributed by atoms with E-state index in [2.05, 4.69) is 32.7 Å². The minimum Gasteiger partial charge on any atom is -0.490 e. The first-order chi connectivity index (χ1) is 10.3. The van der Waals surface area contributed by atoms with E-state index >= 15 is 0 Å². The van der Waals surface area contributed by atoms with E-state index in [4.69, 9.17) is 9.47 Å². The van der Waals surface area contributed by atoms with Crippen molar-refractivity contribution >= 4 is 15.9 Å². The molecule has 0 atom stereocenters. The van der Waals surface area contributed by atoms with Crippen LogP contribution in [0.4, 0.5) is 0 Å². The van der Waals surface area contributed by atoms with Gasteiger partial charge in [0, 0.05) is 32.7 Å². The Labute approximate surface area is 136 Å². The second-order valence-electron chi connectivity index (χ2n) is 5.17. The standard InChI is InChI=1S/C16H25BrN2O2/c1-2-18-7-9-19(10-8-18)11-12-20-13-14-21-16-6-4-3-5-15(16)17/h3-6H,2,7-14H2,1H3. The predicted octanol–water partition coefficient (Wildman–Crippen LogP) is 2.48. The van der Waals surface area contributed by atoms with E-state index in [1.54, 1.807) is 0 Å². The normalized spacial score (nSPS) is 17.0. The summed E-state index contributed by atoms with van der Waals surface area (Å²) < 4.78 is 12.3. The first-order valence-corrected chi connectivity index (χ1v) is 8.48. The molecule has 0 radical (unpaired) electrons. The lowest BCUT2D eigenvalue weighted by Crippen LogP contribution is -2.47. The summed E-state index contributed by atoms with van der Waals surface area (Å²) in [6.45, 7) is 11.1. The molecule has 2 rings (SSSR count). The summed E-state index contributed by atoms with van der Waals surface area (Å²) in [4.78, 5) is 4.96. The molecule has 0 N–H and O–H groups in total. The summed E-state index contributed by atoms with van der Waals surface area (Å²) in [6, 6.07) is 7.88. The molecule has 1 aliphatic rings. The van der Waals surface area contributed by atoms with Gasteiger partial charge in [-0.2, -0.15) is 0 Å². The van der Waals surface area contributed by atoms with E-state index in [0.29, 0.717) is 13.2 Å². The molecule has 0 spiro atoms. The van der Waals surface area contributed by atoms with E-state index in [0.717, 1.165) is 43.0 Å². The van der Waals surface area contributed by atoms with Gasteiger partial charge in [-0.3, -0.25) is 4.90 Å². The lowest BCUT2D eigenvalue weighted by atomic mass is 10.3. The molecular formula is C16H25BrN2O2. The van der Waals surface area contributed by atoms with Gasteiger partial charge in [0.2, 0.25) is 0 Å². The smallest absolute Gasteiger partial charge is 0.133 e. The van der Waals surface area contributed by atoms with Gasteiger partial charge in [-0.25, -0.2) is 0 Å². The molecule has 1 heterocycles. The maximum absolute atomic E-state index is 5.67. The minimum absolute atomic E-state index is 0.590. The number of ether oxygens (including phenoxy) is 2. The summed E-state index contributed by atoms with van der Waals surface area (Å²) in [5.74, 6) is 0.872. The summed E-state index contributed by atoms with van der Waals surface area (Å²) >= 11 is 3.47. The Morgan fingerprint density at radius 1 is 1.00 bits per heavy atom. The number of nitrogens with zero attached hydrogens (tertiary/aromatic N) is 2. The molecule has 1 aromatic carbocycles. The van der Waals surface area contributed by atoms with Crippen molar-refractivity contribution in [3.8, 4) is 5.75 Å². The van der Waals surface area contributed by atoms with Crippen LogP contribution in [0, 0.1) is 0 Å². The molecule has 0 aromatic heterocycles. The van der Waals surface area contributed by atoms with Crippen molar-refractivity contribution in [2.75, 3.05) is 59.1 Å². The van der Waals surface area contributed by atoms with Gasteiger partial charge in [0.25, 0.3) is 0 Å². The molecule has 1 aliphatic heterocycles. The third-order valence-corrected chi connectivity index (χ3v) is 4.44. The second-order valence-corrected chi connectivity index (χ2v) is 6.02. The summed E-state index contributed by atoms with van der Waals surface area (Å²) in [7, 11) is 0. The number of para-hydroxylation sites is 1. The van der Waals surface area contributed by atoms with Crippen LogP contribution in [0.1, 0.15) is 6.92 Å². The predicted molar refractivity (Wildman–Crippen MR) is 89.0 cm³/mol. The third kappa shape index (κ3) is 5.94. The zero-order valence-corrected chi connectivity index (χ0v) is 14.3. The van der Waals surface area contributed by atoms with Crippen molar-refractivity contribution in [3.05, 3.63) is 28.7 Å². The van der Waals surface area contributed by atoms with Crippen LogP contribution >= 0.6 is 15.9 Å². The highest BCUT2D eigenvalue weighted by molar-refractivity contribution is 9.10. The SMILES string of the molecule is CCN1CCN(CCOCCOc2ccccc2Br)CC1. The number of likely N-dealkylation sites (N-methyl/N-ethyl adjacent to an activating group) is 1. The number of benzene rings is 1. The molecule has 4 nitrogen and oxygen atoms in total. The molecule has 0 bridgehead atoms. The van der Waals surface area contributed by atoms with Gasteiger partial charge in [0.1, 0.15) is 12.4 Å². The van der Waals surface area contributed by atoms with Crippen molar-refractivity contribution in [2.45, 2.75) is 6.92 Å². The first kappa shape index (κ1) is 16.7. The molecule has 0 aliphatic carbocycles. The number of halogens is 1. The Kier molecular flexibility index (Phi) is 7.50. The average Bonchev–Trinajstić information content (AvgIpc) is 2.53. The molecule has 1 fully saturated rings. The van der Waals surface area contributed by atoms with E-state index < -0.39 is 0 Å². The lowest BCUT2D eigenvalue weighted by Gasteiger charge is -2.33. The van der Waals surface area contributed by atoms with Crippen molar-refractivity contribution in [2.24, 2.45) is 0 Å². The molecule has 118 valence electrons. The Bertz CT molecular complexity index is 409. The molecule has 0 amide bonds. The van der Waals surface area contributed by atoms with E-state index in [1.807, 2.05) is 24.3 Å². The monoisotopic (exact) mass is 356 g/mol. The van der Waals surface area contributed by atoms with Crippen LogP contribution in [0.5, 0.6) is 5.75 Å². The summed E-state index contributed by atoms with van der Waals surface area (Å²) in [5, 5.41) is 0. The Morgan fingerprint density at radius 3 is 2.43 bits per heavy atom. The lowest BCUT2D eigenvalue weighted by molar-refractivity contribution is 0.0625. The number of hydrogen-bond donors (Lipinski definition) is 0. The molecule has 5 heteroatoms. The highest BCUT2D eigenvalue weighted by Gasteiger charge is 2.14. The zero-order valence-electron chi connectivity index (χ0n) is 12.8. The summed E-state index contributed by atoms with van der Waals surface area (Å²) in [6.07, 6.45) is 0. The van der Waals surface area contributed by atoms with Gasteiger partial charge in [-0.05, 0) is 34.6 Å². The van der Waals surface area contributed by atoms with Crippen LogP contribution in [-0.2, 0) is 4.74 Å². The van der Waals surface area contributed by atoms with E-state index in [-0.39, 0.29) is 0 Å². The fourth-order valence-corrected chi connectivity index (χ4v) is 2.80. The van der Waals surface area contributed by atoms with Crippen molar-refractivity contribution in [1.82, 2.24) is 9.80 Å². The minimum atomic E-state index is 0.590. The van der Waals surface area contributed by atoms with Crippen LogP contribution < -0.4 is 4.74 Å². The largest absolute Gasteiger partial charge is 0.490 e. The highest BCUT2D eigenvalue weighted by Crippen LogP contribution is 2.23. The topological polar surface area (TPSA) is 24.9 Å². The first-order valence-electron chi connectivity index (χ1n) is 7.69. The highest BCUT2D eigenvalue weighted by atomic mass is 79.9. The van der Waals surface area contributed by atoms with Crippen molar-refractivity contribution in [3.63, 3.8) is 0 Å². The van der Waals surface area contributed by atoms with Crippen molar-refractivity contribution in [1.29, 1.82) is 0 Å². The number of hydrogen-bond acceptors (Lipinski definition) is 4. The molecule has 1 aromatic rings. The van der Waals surface area contributed by atoms with Crippen LogP contribution in [0.2, 0.25) is 0 Å². The van der Waals surface area contributed by atoms with Crippen LogP contribution in [0.15, 0.2) is 28.7 Å². The Hall–Kier alpha value is -0.620. The number of piperazine rings is 1. The summed E-state index contributed by atoms with van der Waals surface area (Å²) in [5.41, 5.74) is 0. The molecular weight excluding hydrogens is 332 g/mol. The van der Waals surface area contributed by atoms with Gasteiger partial charge in [-0.15, -0.1) is 0 Å². The van der Waals surface area contributed by atoms with Crippen LogP contribution in [0.3, 0.4) is 0 Å². The van der Waals surface area contributed by atoms with Gasteiger partial charge < -0.3 is 14.4 Å². The van der Waals surface area contributed by atoms with Crippen LogP contribution in [0.25, 0.3) is 0 Å². The van der Waals surface area contributed by atoms with Gasteiger partial charge in [-0.1, -0.05) is 19.1 Å². The Balaban J connectivity index is 1.50. The van der Waals surface area contributed by atoms with Crippen molar-refractivity contribution < 1.29 is 9.47 Å². The van der Waals surface area contributed by atoms with Crippen LogP contribution in [-0.4, -0.2) is 68.9 Å². The molecule has 1 saturated heterocycles. The molecule has 0 unspecified atom stereocenters. The quantitative estimate of drug-likeness (QED) is 0.668. The second kappa shape index (κ2) is 9.41. The molecule has 21 heavy (non-hydrogen) atoms. The third-order valence-electron chi connectivity index (χ3n) is 3.79.